The smallest absolute Gasteiger partial charge is 0.0991 e. The summed E-state index contributed by atoms with van der Waals surface area (Å²) in [4.78, 5) is 0. The predicted molar refractivity (Wildman–Crippen MR) is 216 cm³/mol. The summed E-state index contributed by atoms with van der Waals surface area (Å²) < 4.78 is 0. The highest BCUT2D eigenvalue weighted by molar-refractivity contribution is 6.08. The Morgan fingerprint density at radius 3 is 1.11 bits per heavy atom. The van der Waals surface area contributed by atoms with Crippen molar-refractivity contribution in [1.82, 2.24) is 0 Å². The number of rotatable bonds is 0. The molecule has 0 radical (unpaired) electrons. The van der Waals surface area contributed by atoms with E-state index in [1.165, 1.54) is 55.8 Å². The van der Waals surface area contributed by atoms with Gasteiger partial charge in [-0.2, -0.15) is 10.5 Å². The van der Waals surface area contributed by atoms with Crippen molar-refractivity contribution in [2.24, 2.45) is 0 Å². The van der Waals surface area contributed by atoms with Crippen molar-refractivity contribution in [3.63, 3.8) is 0 Å². The summed E-state index contributed by atoms with van der Waals surface area (Å²) in [5.41, 5.74) is 3.30. The fraction of sp³-hybridized carbons (Fsp3) is 0.333. The number of hydrogen-bond acceptors (Lipinski definition) is 2. The van der Waals surface area contributed by atoms with Crippen molar-refractivity contribution >= 4 is 43.1 Å². The Balaban J connectivity index is -0.000000591. The highest BCUT2D eigenvalue weighted by atomic mass is 14.2. The molecule has 0 aromatic heterocycles. The zero-order valence-corrected chi connectivity index (χ0v) is 32.2. The molecule has 0 heterocycles. The van der Waals surface area contributed by atoms with Crippen molar-refractivity contribution in [1.29, 1.82) is 10.5 Å². The van der Waals surface area contributed by atoms with Crippen LogP contribution >= 0.6 is 0 Å². The van der Waals surface area contributed by atoms with Gasteiger partial charge in [-0.05, 0) is 69.1 Å². The molecule has 0 aliphatic carbocycles. The molecule has 0 spiro atoms. The summed E-state index contributed by atoms with van der Waals surface area (Å²) in [7, 11) is 0. The van der Waals surface area contributed by atoms with Crippen LogP contribution in [0.1, 0.15) is 107 Å². The third-order valence-corrected chi connectivity index (χ3v) is 6.02. The van der Waals surface area contributed by atoms with E-state index in [-0.39, 0.29) is 0 Å². The van der Waals surface area contributed by atoms with Crippen LogP contribution in [0.4, 0.5) is 0 Å². The average Bonchev–Trinajstić information content (AvgIpc) is 3.16. The molecule has 0 aliphatic heterocycles. The molecular weight excluding hydrogens is 569 g/mol. The number of nitrogens with zero attached hydrogens (tertiary/aromatic N) is 2. The molecule has 0 fully saturated rings. The number of fused-ring (bicyclic) bond motifs is 6. The summed E-state index contributed by atoms with van der Waals surface area (Å²) in [5.74, 6) is 0. The quantitative estimate of drug-likeness (QED) is 0.157. The van der Waals surface area contributed by atoms with E-state index in [0.29, 0.717) is 5.56 Å². The molecule has 6 aromatic carbocycles. The lowest BCUT2D eigenvalue weighted by molar-refractivity contribution is 1.49. The monoisotopic (exact) mass is 630 g/mol. The van der Waals surface area contributed by atoms with Crippen molar-refractivity contribution in [2.75, 3.05) is 0 Å². The normalized spacial score (nSPS) is 8.28. The number of hydrogen-bond donors (Lipinski definition) is 0. The van der Waals surface area contributed by atoms with Gasteiger partial charge in [0.05, 0.1) is 17.7 Å². The molecule has 0 saturated heterocycles. The van der Waals surface area contributed by atoms with E-state index in [4.69, 9.17) is 10.5 Å². The number of nitriles is 2. The first-order chi connectivity index (χ1) is 23.0. The van der Waals surface area contributed by atoms with E-state index in [1.54, 1.807) is 6.07 Å². The molecule has 0 saturated carbocycles. The van der Waals surface area contributed by atoms with Gasteiger partial charge >= 0.3 is 0 Å². The van der Waals surface area contributed by atoms with Crippen molar-refractivity contribution < 1.29 is 0 Å². The van der Waals surface area contributed by atoms with E-state index in [0.717, 1.165) is 5.39 Å². The van der Waals surface area contributed by atoms with Crippen LogP contribution in [-0.2, 0) is 0 Å². The van der Waals surface area contributed by atoms with Crippen LogP contribution in [0.5, 0.6) is 0 Å². The molecule has 2 nitrogen and oxygen atoms in total. The van der Waals surface area contributed by atoms with Gasteiger partial charge in [-0.1, -0.05) is 185 Å². The second-order valence-electron chi connectivity index (χ2n) is 8.57. The zero-order valence-electron chi connectivity index (χ0n) is 32.2. The topological polar surface area (TPSA) is 47.6 Å². The first-order valence-electron chi connectivity index (χ1n) is 17.6. The van der Waals surface area contributed by atoms with Gasteiger partial charge in [-0.3, -0.25) is 0 Å². The van der Waals surface area contributed by atoms with Gasteiger partial charge in [0.25, 0.3) is 0 Å². The molecule has 0 amide bonds. The summed E-state index contributed by atoms with van der Waals surface area (Å²) in [6, 6.07) is 40.0. The fourth-order valence-corrected chi connectivity index (χ4v) is 4.39. The summed E-state index contributed by atoms with van der Waals surface area (Å²) in [6.07, 6.45) is 0. The second-order valence-corrected chi connectivity index (χ2v) is 8.57. The van der Waals surface area contributed by atoms with Gasteiger partial charge in [0.15, 0.2) is 0 Å². The van der Waals surface area contributed by atoms with Gasteiger partial charge in [-0.15, -0.1) is 0 Å². The van der Waals surface area contributed by atoms with Crippen LogP contribution in [0.2, 0.25) is 0 Å². The Kier molecular flexibility index (Phi) is 29.9. The Morgan fingerprint density at radius 2 is 0.702 bits per heavy atom. The van der Waals surface area contributed by atoms with Gasteiger partial charge in [-0.25, -0.2) is 0 Å². The summed E-state index contributed by atoms with van der Waals surface area (Å²) in [5, 5.41) is 26.4. The van der Waals surface area contributed by atoms with Crippen molar-refractivity contribution in [3.05, 3.63) is 120 Å². The van der Waals surface area contributed by atoms with E-state index in [2.05, 4.69) is 105 Å². The minimum atomic E-state index is 0.712. The lowest BCUT2D eigenvalue weighted by Crippen LogP contribution is -1.81. The molecule has 0 bridgehead atoms. The van der Waals surface area contributed by atoms with Gasteiger partial charge in [0.2, 0.25) is 0 Å². The van der Waals surface area contributed by atoms with Gasteiger partial charge in [0, 0.05) is 6.92 Å². The highest BCUT2D eigenvalue weighted by Gasteiger charge is 2.02. The van der Waals surface area contributed by atoms with Crippen LogP contribution in [0.15, 0.2) is 103 Å². The highest BCUT2D eigenvalue weighted by Crippen LogP contribution is 2.27. The standard InChI is InChI=1S/C16H11N.C15H12.C2H3N.6C2H6/c1-11-2-6-15-13(8-11)4-5-14-9-12(10-17)3-7-16(14)15;1-11-6-9-15-13(10-11)8-7-12-4-2-3-5-14(12)15;1-2-3;6*1-2/h2-9H,1H3;2-10H,1H3;1H3;6*1-2H3. The maximum Gasteiger partial charge on any atom is 0.0991 e. The SMILES string of the molecule is CC.CC.CC.CC.CC.CC.CC#N.Cc1ccc2c(ccc3cc(C#N)ccc32)c1.Cc1ccc2c(ccc3ccccc32)c1. The number of aryl methyl sites for hydroxylation is 2. The maximum atomic E-state index is 8.90. The Labute approximate surface area is 288 Å². The molecule has 6 aromatic rings. The Morgan fingerprint density at radius 1 is 0.383 bits per heavy atom. The molecule has 0 unspecified atom stereocenters. The Bertz CT molecular complexity index is 1750. The Hall–Kier alpha value is -4.66. The molecule has 0 aliphatic rings. The first-order valence-corrected chi connectivity index (χ1v) is 17.6. The zero-order chi connectivity index (χ0) is 36.8. The predicted octanol–water partition coefficient (Wildman–Crippen LogP) is 15.2. The van der Waals surface area contributed by atoms with Crippen LogP contribution in [0, 0.1) is 36.5 Å². The summed E-state index contributed by atoms with van der Waals surface area (Å²) in [6.45, 7) is 29.7. The summed E-state index contributed by atoms with van der Waals surface area (Å²) >= 11 is 0. The lowest BCUT2D eigenvalue weighted by Gasteiger charge is -2.05. The van der Waals surface area contributed by atoms with E-state index in [9.17, 15) is 0 Å². The van der Waals surface area contributed by atoms with Gasteiger partial charge in [0.1, 0.15) is 0 Å². The molecule has 47 heavy (non-hydrogen) atoms. The molecule has 252 valence electrons. The van der Waals surface area contributed by atoms with Crippen LogP contribution in [0.3, 0.4) is 0 Å². The van der Waals surface area contributed by atoms with E-state index >= 15 is 0 Å². The molecular formula is C45H62N2. The van der Waals surface area contributed by atoms with Crippen LogP contribution in [0.25, 0.3) is 43.1 Å². The third kappa shape index (κ3) is 15.0. The second kappa shape index (κ2) is 30.0. The third-order valence-electron chi connectivity index (χ3n) is 6.02. The minimum Gasteiger partial charge on any atom is -0.199 e. The minimum absolute atomic E-state index is 0.712. The first kappa shape index (κ1) is 46.8. The molecule has 2 heteroatoms. The van der Waals surface area contributed by atoms with Crippen molar-refractivity contribution in [3.8, 4) is 12.1 Å². The average molecular weight is 631 g/mol. The van der Waals surface area contributed by atoms with Crippen molar-refractivity contribution in [2.45, 2.75) is 104 Å². The number of benzene rings is 6. The van der Waals surface area contributed by atoms with Crippen LogP contribution in [-0.4, -0.2) is 0 Å². The maximum absolute atomic E-state index is 8.90. The van der Waals surface area contributed by atoms with Crippen LogP contribution < -0.4 is 0 Å². The van der Waals surface area contributed by atoms with E-state index in [1.807, 2.05) is 101 Å². The van der Waals surface area contributed by atoms with E-state index < -0.39 is 0 Å². The molecule has 0 atom stereocenters. The lowest BCUT2D eigenvalue weighted by atomic mass is 9.99. The largest absolute Gasteiger partial charge is 0.199 e. The fourth-order valence-electron chi connectivity index (χ4n) is 4.39. The molecule has 6 rings (SSSR count). The van der Waals surface area contributed by atoms with Gasteiger partial charge < -0.3 is 0 Å². The molecule has 0 N–H and O–H groups in total.